The number of nitrogens with two attached hydrogens (primary N) is 1. The Hall–Kier alpha value is -0.290. The summed E-state index contributed by atoms with van der Waals surface area (Å²) < 4.78 is 6.75. The molecule has 2 nitrogen and oxygen atoms in total. The van der Waals surface area contributed by atoms with Gasteiger partial charge < -0.3 is 10.5 Å². The first kappa shape index (κ1) is 10.8. The molecule has 0 radical (unpaired) electrons. The zero-order valence-electron chi connectivity index (χ0n) is 7.72. The van der Waals surface area contributed by atoms with Crippen LogP contribution >= 0.6 is 22.6 Å². The van der Waals surface area contributed by atoms with E-state index in [1.165, 1.54) is 3.57 Å². The second-order valence-corrected chi connectivity index (χ2v) is 4.05. The van der Waals surface area contributed by atoms with E-state index >= 15 is 0 Å². The van der Waals surface area contributed by atoms with E-state index in [9.17, 15) is 0 Å². The molecule has 1 aromatic rings. The van der Waals surface area contributed by atoms with E-state index < -0.39 is 0 Å². The minimum atomic E-state index is 0.538. The lowest BCUT2D eigenvalue weighted by Gasteiger charge is -2.09. The molecule has 72 valence electrons. The van der Waals surface area contributed by atoms with Crippen LogP contribution in [0.4, 0.5) is 0 Å². The number of hydrogen-bond donors (Lipinski definition) is 1. The van der Waals surface area contributed by atoms with E-state index in [0.717, 1.165) is 24.3 Å². The lowest BCUT2D eigenvalue weighted by molar-refractivity contribution is 0.314. The van der Waals surface area contributed by atoms with Crippen LogP contribution in [0.15, 0.2) is 18.2 Å². The van der Waals surface area contributed by atoms with Gasteiger partial charge in [0.25, 0.3) is 0 Å². The first-order valence-electron chi connectivity index (χ1n) is 4.39. The van der Waals surface area contributed by atoms with Gasteiger partial charge in [-0.15, -0.1) is 0 Å². The topological polar surface area (TPSA) is 35.2 Å². The van der Waals surface area contributed by atoms with Gasteiger partial charge in [0.2, 0.25) is 0 Å². The highest BCUT2D eigenvalue weighted by Crippen LogP contribution is 2.20. The fourth-order valence-electron chi connectivity index (χ4n) is 1.06. The van der Waals surface area contributed by atoms with Gasteiger partial charge in [-0.05, 0) is 47.2 Å². The second-order valence-electron chi connectivity index (χ2n) is 2.80. The fraction of sp³-hybridized carbons (Fsp3) is 0.400. The predicted octanol–water partition coefficient (Wildman–Crippen LogP) is 2.54. The van der Waals surface area contributed by atoms with Crippen molar-refractivity contribution in [3.63, 3.8) is 0 Å². The molecule has 0 fully saturated rings. The number of hydrogen-bond acceptors (Lipinski definition) is 2. The van der Waals surface area contributed by atoms with Crippen molar-refractivity contribution in [3.8, 4) is 5.75 Å². The third-order valence-electron chi connectivity index (χ3n) is 1.70. The standard InChI is InChI=1S/C10H14INO/c1-2-5-13-10-4-3-9(11)6-8(10)7-12/h3-4,6H,2,5,7,12H2,1H3. The summed E-state index contributed by atoms with van der Waals surface area (Å²) in [7, 11) is 0. The lowest BCUT2D eigenvalue weighted by Crippen LogP contribution is -2.03. The molecule has 1 rings (SSSR count). The molecular formula is C10H14INO. The molecule has 0 spiro atoms. The molecule has 0 aliphatic carbocycles. The lowest BCUT2D eigenvalue weighted by atomic mass is 10.2. The Kier molecular flexibility index (Phi) is 4.52. The maximum Gasteiger partial charge on any atom is 0.123 e. The summed E-state index contributed by atoms with van der Waals surface area (Å²) in [4.78, 5) is 0. The summed E-state index contributed by atoms with van der Waals surface area (Å²) in [6.07, 6.45) is 1.02. The zero-order chi connectivity index (χ0) is 9.68. The maximum atomic E-state index is 5.61. The van der Waals surface area contributed by atoms with E-state index in [0.29, 0.717) is 6.54 Å². The summed E-state index contributed by atoms with van der Waals surface area (Å²) in [5, 5.41) is 0. The molecule has 0 unspecified atom stereocenters. The summed E-state index contributed by atoms with van der Waals surface area (Å²) in [5.74, 6) is 0.921. The molecule has 2 N–H and O–H groups in total. The molecule has 0 heterocycles. The Morgan fingerprint density at radius 1 is 1.46 bits per heavy atom. The van der Waals surface area contributed by atoms with Gasteiger partial charge in [0.15, 0.2) is 0 Å². The third kappa shape index (κ3) is 3.15. The van der Waals surface area contributed by atoms with Gasteiger partial charge in [0.1, 0.15) is 5.75 Å². The molecule has 0 saturated heterocycles. The highest BCUT2D eigenvalue weighted by atomic mass is 127. The van der Waals surface area contributed by atoms with Crippen LogP contribution in [0.1, 0.15) is 18.9 Å². The number of halogens is 1. The molecule has 0 bridgehead atoms. The normalized spacial score (nSPS) is 10.1. The van der Waals surface area contributed by atoms with Crippen molar-refractivity contribution in [1.29, 1.82) is 0 Å². The minimum Gasteiger partial charge on any atom is -0.493 e. The monoisotopic (exact) mass is 291 g/mol. The Morgan fingerprint density at radius 3 is 2.85 bits per heavy atom. The first-order valence-corrected chi connectivity index (χ1v) is 5.47. The van der Waals surface area contributed by atoms with Crippen LogP contribution in [0, 0.1) is 3.57 Å². The molecule has 0 aliphatic rings. The van der Waals surface area contributed by atoms with Crippen molar-refractivity contribution in [2.75, 3.05) is 6.61 Å². The van der Waals surface area contributed by atoms with Crippen molar-refractivity contribution >= 4 is 22.6 Å². The van der Waals surface area contributed by atoms with Gasteiger partial charge in [-0.2, -0.15) is 0 Å². The van der Waals surface area contributed by atoms with Crippen molar-refractivity contribution in [1.82, 2.24) is 0 Å². The summed E-state index contributed by atoms with van der Waals surface area (Å²) in [6.45, 7) is 3.39. The third-order valence-corrected chi connectivity index (χ3v) is 2.38. The van der Waals surface area contributed by atoms with Crippen molar-refractivity contribution in [2.45, 2.75) is 19.9 Å². The van der Waals surface area contributed by atoms with E-state index in [1.54, 1.807) is 0 Å². The zero-order valence-corrected chi connectivity index (χ0v) is 9.87. The van der Waals surface area contributed by atoms with E-state index in [-0.39, 0.29) is 0 Å². The largest absolute Gasteiger partial charge is 0.493 e. The van der Waals surface area contributed by atoms with Gasteiger partial charge in [-0.1, -0.05) is 6.92 Å². The van der Waals surface area contributed by atoms with Crippen LogP contribution in [0.25, 0.3) is 0 Å². The van der Waals surface area contributed by atoms with Crippen LogP contribution in [0.2, 0.25) is 0 Å². The second kappa shape index (κ2) is 5.44. The molecule has 0 aromatic heterocycles. The van der Waals surface area contributed by atoms with Crippen molar-refractivity contribution in [2.24, 2.45) is 5.73 Å². The summed E-state index contributed by atoms with van der Waals surface area (Å²) in [6, 6.07) is 6.08. The molecular weight excluding hydrogens is 277 g/mol. The van der Waals surface area contributed by atoms with Gasteiger partial charge in [0, 0.05) is 15.7 Å². The van der Waals surface area contributed by atoms with Crippen LogP contribution in [0.3, 0.4) is 0 Å². The summed E-state index contributed by atoms with van der Waals surface area (Å²) in [5.41, 5.74) is 6.69. The number of ether oxygens (including phenoxy) is 1. The fourth-order valence-corrected chi connectivity index (χ4v) is 1.62. The molecule has 0 amide bonds. The van der Waals surface area contributed by atoms with Crippen molar-refractivity contribution < 1.29 is 4.74 Å². The van der Waals surface area contributed by atoms with Gasteiger partial charge >= 0.3 is 0 Å². The average molecular weight is 291 g/mol. The van der Waals surface area contributed by atoms with Gasteiger partial charge in [0.05, 0.1) is 6.61 Å². The number of benzene rings is 1. The average Bonchev–Trinajstić information content (AvgIpc) is 2.16. The van der Waals surface area contributed by atoms with E-state index in [1.807, 2.05) is 12.1 Å². The van der Waals surface area contributed by atoms with Crippen LogP contribution in [-0.4, -0.2) is 6.61 Å². The molecule has 3 heteroatoms. The molecule has 1 aromatic carbocycles. The molecule has 0 saturated carbocycles. The highest BCUT2D eigenvalue weighted by molar-refractivity contribution is 14.1. The van der Waals surface area contributed by atoms with Crippen molar-refractivity contribution in [3.05, 3.63) is 27.3 Å². The first-order chi connectivity index (χ1) is 6.27. The SMILES string of the molecule is CCCOc1ccc(I)cc1CN. The van der Waals surface area contributed by atoms with Gasteiger partial charge in [-0.25, -0.2) is 0 Å². The van der Waals surface area contributed by atoms with Crippen LogP contribution < -0.4 is 10.5 Å². The summed E-state index contributed by atoms with van der Waals surface area (Å²) >= 11 is 2.27. The minimum absolute atomic E-state index is 0.538. The molecule has 0 aliphatic heterocycles. The van der Waals surface area contributed by atoms with Crippen LogP contribution in [0.5, 0.6) is 5.75 Å². The predicted molar refractivity (Wildman–Crippen MR) is 62.8 cm³/mol. The quantitative estimate of drug-likeness (QED) is 0.865. The Bertz CT molecular complexity index is 276. The van der Waals surface area contributed by atoms with E-state index in [4.69, 9.17) is 10.5 Å². The number of rotatable bonds is 4. The van der Waals surface area contributed by atoms with E-state index in [2.05, 4.69) is 35.6 Å². The Balaban J connectivity index is 2.79. The smallest absolute Gasteiger partial charge is 0.123 e. The highest BCUT2D eigenvalue weighted by Gasteiger charge is 2.01. The molecule has 13 heavy (non-hydrogen) atoms. The van der Waals surface area contributed by atoms with Gasteiger partial charge in [-0.3, -0.25) is 0 Å². The van der Waals surface area contributed by atoms with Crippen LogP contribution in [-0.2, 0) is 6.54 Å². The Labute approximate surface area is 92.6 Å². The molecule has 0 atom stereocenters. The Morgan fingerprint density at radius 2 is 2.23 bits per heavy atom. The maximum absolute atomic E-state index is 5.61.